The molecule has 2 heterocycles. The summed E-state index contributed by atoms with van der Waals surface area (Å²) in [5.74, 6) is 0.00515. The van der Waals surface area contributed by atoms with Gasteiger partial charge in [0.15, 0.2) is 11.5 Å². The highest BCUT2D eigenvalue weighted by Gasteiger charge is 2.50. The molecule has 8 heteroatoms. The number of nitrogens with two attached hydrogens (primary N) is 1. The van der Waals surface area contributed by atoms with Crippen LogP contribution in [0.25, 0.3) is 11.2 Å². The predicted octanol–water partition coefficient (Wildman–Crippen LogP) is 0.766. The molecule has 8 nitrogen and oxygen atoms in total. The molecule has 0 amide bonds. The zero-order chi connectivity index (χ0) is 18.1. The quantitative estimate of drug-likeness (QED) is 0.597. The molecule has 0 saturated heterocycles. The first-order valence-corrected chi connectivity index (χ1v) is 8.54. The number of imidazole rings is 1. The molecule has 0 aliphatic heterocycles. The van der Waals surface area contributed by atoms with E-state index in [-0.39, 0.29) is 24.5 Å². The molecule has 136 valence electrons. The number of aliphatic hydroxyl groups excluding tert-OH is 2. The molecule has 1 fully saturated rings. The summed E-state index contributed by atoms with van der Waals surface area (Å²) in [6.07, 6.45) is 2.30. The fourth-order valence-electron chi connectivity index (χ4n) is 3.68. The van der Waals surface area contributed by atoms with Gasteiger partial charge in [0, 0.05) is 18.4 Å². The van der Waals surface area contributed by atoms with Crippen LogP contribution in [0.2, 0.25) is 0 Å². The van der Waals surface area contributed by atoms with E-state index in [1.165, 1.54) is 6.33 Å². The van der Waals surface area contributed by atoms with Gasteiger partial charge in [-0.3, -0.25) is 0 Å². The van der Waals surface area contributed by atoms with Crippen LogP contribution in [-0.2, 0) is 11.3 Å². The van der Waals surface area contributed by atoms with E-state index in [1.807, 2.05) is 30.3 Å². The summed E-state index contributed by atoms with van der Waals surface area (Å²) >= 11 is 0. The Morgan fingerprint density at radius 2 is 1.92 bits per heavy atom. The molecule has 26 heavy (non-hydrogen) atoms. The van der Waals surface area contributed by atoms with Gasteiger partial charge in [0.2, 0.25) is 0 Å². The van der Waals surface area contributed by atoms with Gasteiger partial charge in [-0.05, 0) is 5.56 Å². The highest BCUT2D eigenvalue weighted by molar-refractivity contribution is 5.81. The van der Waals surface area contributed by atoms with Crippen molar-refractivity contribution in [1.82, 2.24) is 19.5 Å². The van der Waals surface area contributed by atoms with E-state index in [9.17, 15) is 10.2 Å². The van der Waals surface area contributed by atoms with Gasteiger partial charge >= 0.3 is 0 Å². The lowest BCUT2D eigenvalue weighted by molar-refractivity contribution is -0.137. The molecular weight excluding hydrogens is 334 g/mol. The van der Waals surface area contributed by atoms with Crippen molar-refractivity contribution in [2.24, 2.45) is 11.8 Å². The van der Waals surface area contributed by atoms with Crippen molar-refractivity contribution in [3.8, 4) is 0 Å². The summed E-state index contributed by atoms with van der Waals surface area (Å²) in [6, 6.07) is 9.54. The molecule has 1 aromatic carbocycles. The smallest absolute Gasteiger partial charge is 0.165 e. The Kier molecular flexibility index (Phi) is 4.54. The molecule has 1 saturated carbocycles. The van der Waals surface area contributed by atoms with Gasteiger partial charge in [-0.15, -0.1) is 0 Å². The zero-order valence-corrected chi connectivity index (χ0v) is 14.1. The third-order valence-corrected chi connectivity index (χ3v) is 5.12. The van der Waals surface area contributed by atoms with E-state index in [4.69, 9.17) is 10.5 Å². The monoisotopic (exact) mass is 355 g/mol. The summed E-state index contributed by atoms with van der Waals surface area (Å²) in [7, 11) is 0. The van der Waals surface area contributed by atoms with Crippen LogP contribution in [0.15, 0.2) is 43.0 Å². The summed E-state index contributed by atoms with van der Waals surface area (Å²) < 4.78 is 7.53. The van der Waals surface area contributed by atoms with Crippen LogP contribution in [-0.4, -0.2) is 49.0 Å². The molecule has 4 rings (SSSR count). The number of hydrogen-bond donors (Lipinski definition) is 3. The number of ether oxygens (including phenoxy) is 1. The van der Waals surface area contributed by atoms with E-state index in [1.54, 1.807) is 10.9 Å². The number of aromatic nitrogens is 4. The SMILES string of the molecule is Nc1ncnc2c1ncn2[C@@H]1[C@@H](O)[C@@H](COCc2ccccc2)[C@H]1CO. The van der Waals surface area contributed by atoms with Crippen LogP contribution in [0.3, 0.4) is 0 Å². The van der Waals surface area contributed by atoms with Crippen LogP contribution in [0, 0.1) is 11.8 Å². The van der Waals surface area contributed by atoms with Crippen molar-refractivity contribution in [1.29, 1.82) is 0 Å². The Hall–Kier alpha value is -2.55. The molecule has 1 aliphatic carbocycles. The van der Waals surface area contributed by atoms with Crippen LogP contribution in [0.1, 0.15) is 11.6 Å². The maximum absolute atomic E-state index is 10.7. The summed E-state index contributed by atoms with van der Waals surface area (Å²) in [5, 5.41) is 20.5. The second kappa shape index (κ2) is 6.99. The average Bonchev–Trinajstić information content (AvgIpc) is 3.08. The summed E-state index contributed by atoms with van der Waals surface area (Å²) in [5.41, 5.74) is 7.95. The lowest BCUT2D eigenvalue weighted by Crippen LogP contribution is -2.55. The lowest BCUT2D eigenvalue weighted by Gasteiger charge is -2.48. The number of rotatable bonds is 6. The molecule has 1 aliphatic rings. The standard InChI is InChI=1S/C18H21N5O3/c19-17-14-18(21-9-20-17)23(10-22-14)15-12(6-24)13(16(15)25)8-26-7-11-4-2-1-3-5-11/h1-5,9-10,12-13,15-16,24-25H,6-8H2,(H2,19,20,21)/t12-,13+,15+,16+/m1/s1. The predicted molar refractivity (Wildman–Crippen MR) is 94.9 cm³/mol. The van der Waals surface area contributed by atoms with Gasteiger partial charge in [0.1, 0.15) is 11.8 Å². The summed E-state index contributed by atoms with van der Waals surface area (Å²) in [6.45, 7) is 0.799. The van der Waals surface area contributed by atoms with Crippen molar-refractivity contribution >= 4 is 17.0 Å². The molecule has 2 aromatic heterocycles. The topological polar surface area (TPSA) is 119 Å². The Balaban J connectivity index is 1.46. The average molecular weight is 355 g/mol. The first kappa shape index (κ1) is 16.9. The largest absolute Gasteiger partial charge is 0.396 e. The van der Waals surface area contributed by atoms with Crippen LogP contribution in [0.4, 0.5) is 5.82 Å². The van der Waals surface area contributed by atoms with E-state index >= 15 is 0 Å². The molecule has 4 atom stereocenters. The molecule has 0 radical (unpaired) electrons. The molecule has 0 bridgehead atoms. The van der Waals surface area contributed by atoms with E-state index in [0.717, 1.165) is 5.56 Å². The Labute approximate surface area is 150 Å². The first-order valence-electron chi connectivity index (χ1n) is 8.54. The number of fused-ring (bicyclic) bond motifs is 1. The third-order valence-electron chi connectivity index (χ3n) is 5.12. The minimum absolute atomic E-state index is 0.0542. The van der Waals surface area contributed by atoms with Crippen molar-refractivity contribution < 1.29 is 14.9 Å². The Morgan fingerprint density at radius 3 is 2.69 bits per heavy atom. The normalized spacial score (nSPS) is 25.3. The Morgan fingerprint density at radius 1 is 1.12 bits per heavy atom. The number of benzene rings is 1. The fourth-order valence-corrected chi connectivity index (χ4v) is 3.68. The van der Waals surface area contributed by atoms with Crippen molar-refractivity contribution in [3.05, 3.63) is 48.5 Å². The van der Waals surface area contributed by atoms with E-state index in [2.05, 4.69) is 15.0 Å². The van der Waals surface area contributed by atoms with Gasteiger partial charge in [-0.1, -0.05) is 30.3 Å². The van der Waals surface area contributed by atoms with Crippen molar-refractivity contribution in [2.45, 2.75) is 18.8 Å². The van der Waals surface area contributed by atoms with E-state index in [0.29, 0.717) is 30.2 Å². The summed E-state index contributed by atoms with van der Waals surface area (Å²) in [4.78, 5) is 12.4. The highest BCUT2D eigenvalue weighted by atomic mass is 16.5. The second-order valence-electron chi connectivity index (χ2n) is 6.58. The number of nitrogen functional groups attached to an aromatic ring is 1. The Bertz CT molecular complexity index is 885. The lowest BCUT2D eigenvalue weighted by atomic mass is 9.67. The highest BCUT2D eigenvalue weighted by Crippen LogP contribution is 2.45. The van der Waals surface area contributed by atoms with Gasteiger partial charge in [-0.25, -0.2) is 15.0 Å². The number of aliphatic hydroxyl groups is 2. The molecule has 3 aromatic rings. The van der Waals surface area contributed by atoms with Crippen LogP contribution < -0.4 is 5.73 Å². The number of anilines is 1. The fraction of sp³-hybridized carbons (Fsp3) is 0.389. The minimum atomic E-state index is -0.656. The number of hydrogen-bond acceptors (Lipinski definition) is 7. The molecular formula is C18H21N5O3. The third kappa shape index (κ3) is 2.82. The second-order valence-corrected chi connectivity index (χ2v) is 6.58. The van der Waals surface area contributed by atoms with Crippen LogP contribution >= 0.6 is 0 Å². The van der Waals surface area contributed by atoms with Crippen molar-refractivity contribution in [3.63, 3.8) is 0 Å². The van der Waals surface area contributed by atoms with E-state index < -0.39 is 6.10 Å². The first-order chi connectivity index (χ1) is 12.7. The molecule has 4 N–H and O–H groups in total. The van der Waals surface area contributed by atoms with Gasteiger partial charge in [-0.2, -0.15) is 0 Å². The minimum Gasteiger partial charge on any atom is -0.396 e. The van der Waals surface area contributed by atoms with Gasteiger partial charge in [0.05, 0.1) is 31.7 Å². The molecule has 0 unspecified atom stereocenters. The van der Waals surface area contributed by atoms with Gasteiger partial charge in [0.25, 0.3) is 0 Å². The molecule has 0 spiro atoms. The maximum atomic E-state index is 10.7. The van der Waals surface area contributed by atoms with Crippen molar-refractivity contribution in [2.75, 3.05) is 18.9 Å². The van der Waals surface area contributed by atoms with Gasteiger partial charge < -0.3 is 25.3 Å². The van der Waals surface area contributed by atoms with Crippen LogP contribution in [0.5, 0.6) is 0 Å². The maximum Gasteiger partial charge on any atom is 0.165 e. The zero-order valence-electron chi connectivity index (χ0n) is 14.1. The number of nitrogens with zero attached hydrogens (tertiary/aromatic N) is 4.